The van der Waals surface area contributed by atoms with Gasteiger partial charge in [0.2, 0.25) is 11.8 Å². The third kappa shape index (κ3) is 8.58. The smallest absolute Gasteiger partial charge is 0.242 e. The van der Waals surface area contributed by atoms with E-state index in [2.05, 4.69) is 19.2 Å². The Kier molecular flexibility index (Phi) is 10.4. The fraction of sp³-hybridized carbons (Fsp3) is 0.440. The Bertz CT molecular complexity index is 838. The SMILES string of the molecule is CC[C@@H](C(=O)NCC(C)C)N(Cc1ccc(C)cc1)C(=O)CSCc1ccc(Cl)cc1. The molecule has 0 saturated heterocycles. The van der Waals surface area contributed by atoms with Crippen LogP contribution in [0.2, 0.25) is 5.02 Å². The molecule has 31 heavy (non-hydrogen) atoms. The average Bonchev–Trinajstić information content (AvgIpc) is 2.74. The van der Waals surface area contributed by atoms with Crippen molar-refractivity contribution in [2.45, 2.75) is 52.5 Å². The minimum atomic E-state index is -0.483. The molecule has 0 aliphatic heterocycles. The van der Waals surface area contributed by atoms with Gasteiger partial charge in [0.05, 0.1) is 5.75 Å². The molecule has 2 aromatic rings. The Labute approximate surface area is 195 Å². The molecule has 1 atom stereocenters. The highest BCUT2D eigenvalue weighted by molar-refractivity contribution is 7.99. The van der Waals surface area contributed by atoms with Crippen LogP contribution >= 0.6 is 23.4 Å². The molecule has 4 nitrogen and oxygen atoms in total. The first-order chi connectivity index (χ1) is 14.8. The van der Waals surface area contributed by atoms with E-state index in [0.29, 0.717) is 36.2 Å². The molecular weight excluding hydrogens is 428 g/mol. The summed E-state index contributed by atoms with van der Waals surface area (Å²) in [6, 6.07) is 15.3. The lowest BCUT2D eigenvalue weighted by atomic mass is 10.1. The van der Waals surface area contributed by atoms with Crippen molar-refractivity contribution in [2.24, 2.45) is 5.92 Å². The largest absolute Gasteiger partial charge is 0.354 e. The van der Waals surface area contributed by atoms with Crippen LogP contribution in [0.1, 0.15) is 43.9 Å². The molecule has 2 amide bonds. The van der Waals surface area contributed by atoms with Crippen LogP contribution in [0, 0.1) is 12.8 Å². The minimum absolute atomic E-state index is 0.0221. The van der Waals surface area contributed by atoms with Crippen molar-refractivity contribution in [2.75, 3.05) is 12.3 Å². The van der Waals surface area contributed by atoms with Crippen molar-refractivity contribution in [3.63, 3.8) is 0 Å². The van der Waals surface area contributed by atoms with Crippen LogP contribution in [0.3, 0.4) is 0 Å². The maximum absolute atomic E-state index is 13.2. The summed E-state index contributed by atoms with van der Waals surface area (Å²) in [6.45, 7) is 9.14. The number of hydrogen-bond donors (Lipinski definition) is 1. The van der Waals surface area contributed by atoms with E-state index in [4.69, 9.17) is 11.6 Å². The number of halogens is 1. The molecule has 0 fully saturated rings. The van der Waals surface area contributed by atoms with Gasteiger partial charge in [0.25, 0.3) is 0 Å². The number of carbonyl (C=O) groups excluding carboxylic acids is 2. The molecule has 0 spiro atoms. The summed E-state index contributed by atoms with van der Waals surface area (Å²) >= 11 is 7.50. The van der Waals surface area contributed by atoms with Gasteiger partial charge in [-0.25, -0.2) is 0 Å². The Morgan fingerprint density at radius 3 is 2.23 bits per heavy atom. The monoisotopic (exact) mass is 460 g/mol. The van der Waals surface area contributed by atoms with Gasteiger partial charge >= 0.3 is 0 Å². The number of rotatable bonds is 11. The lowest BCUT2D eigenvalue weighted by Gasteiger charge is -2.31. The van der Waals surface area contributed by atoms with Crippen LogP contribution in [0.25, 0.3) is 0 Å². The maximum atomic E-state index is 13.2. The summed E-state index contributed by atoms with van der Waals surface area (Å²) in [5.41, 5.74) is 3.31. The fourth-order valence-corrected chi connectivity index (χ4v) is 4.15. The molecule has 0 radical (unpaired) electrons. The quantitative estimate of drug-likeness (QED) is 0.484. The minimum Gasteiger partial charge on any atom is -0.354 e. The Morgan fingerprint density at radius 2 is 1.65 bits per heavy atom. The number of aryl methyl sites for hydroxylation is 1. The van der Waals surface area contributed by atoms with Crippen molar-refractivity contribution in [3.05, 3.63) is 70.2 Å². The van der Waals surface area contributed by atoms with Gasteiger partial charge < -0.3 is 10.2 Å². The molecule has 0 unspecified atom stereocenters. The van der Waals surface area contributed by atoms with Gasteiger partial charge in [-0.2, -0.15) is 0 Å². The van der Waals surface area contributed by atoms with Crippen molar-refractivity contribution in [1.29, 1.82) is 0 Å². The third-order valence-electron chi connectivity index (χ3n) is 4.95. The fourth-order valence-electron chi connectivity index (χ4n) is 3.15. The van der Waals surface area contributed by atoms with E-state index < -0.39 is 6.04 Å². The molecule has 0 heterocycles. The Hall–Kier alpha value is -1.98. The summed E-state index contributed by atoms with van der Waals surface area (Å²) < 4.78 is 0. The predicted molar refractivity (Wildman–Crippen MR) is 131 cm³/mol. The third-order valence-corrected chi connectivity index (χ3v) is 6.19. The van der Waals surface area contributed by atoms with Crippen LogP contribution in [0.4, 0.5) is 0 Å². The van der Waals surface area contributed by atoms with Crippen LogP contribution in [0.5, 0.6) is 0 Å². The van der Waals surface area contributed by atoms with E-state index in [1.807, 2.05) is 62.4 Å². The number of amides is 2. The molecule has 0 bridgehead atoms. The normalized spacial score (nSPS) is 11.9. The van der Waals surface area contributed by atoms with E-state index in [1.54, 1.807) is 16.7 Å². The Morgan fingerprint density at radius 1 is 1.03 bits per heavy atom. The zero-order valence-electron chi connectivity index (χ0n) is 18.9. The standard InChI is InChI=1S/C25H33ClN2O2S/c1-5-23(25(30)27-14-18(2)3)28(15-20-8-6-19(4)7-9-20)24(29)17-31-16-21-10-12-22(26)13-11-21/h6-13,18,23H,5,14-17H2,1-4H3,(H,27,30)/t23-/m0/s1. The first-order valence-electron chi connectivity index (χ1n) is 10.7. The van der Waals surface area contributed by atoms with Crippen molar-refractivity contribution >= 4 is 35.2 Å². The topological polar surface area (TPSA) is 49.4 Å². The number of hydrogen-bond acceptors (Lipinski definition) is 3. The highest BCUT2D eigenvalue weighted by Crippen LogP contribution is 2.19. The number of benzene rings is 2. The summed E-state index contributed by atoms with van der Waals surface area (Å²) in [4.78, 5) is 27.8. The first-order valence-corrected chi connectivity index (χ1v) is 12.3. The molecule has 2 aromatic carbocycles. The summed E-state index contributed by atoms with van der Waals surface area (Å²) in [5, 5.41) is 3.70. The van der Waals surface area contributed by atoms with E-state index in [0.717, 1.165) is 16.9 Å². The molecule has 0 aromatic heterocycles. The van der Waals surface area contributed by atoms with Gasteiger partial charge in [-0.05, 0) is 42.5 Å². The molecule has 0 saturated carbocycles. The first kappa shape index (κ1) is 25.3. The summed E-state index contributed by atoms with van der Waals surface area (Å²) in [5.74, 6) is 1.29. The predicted octanol–water partition coefficient (Wildman–Crippen LogP) is 5.46. The van der Waals surface area contributed by atoms with E-state index in [1.165, 1.54) is 5.56 Å². The highest BCUT2D eigenvalue weighted by Gasteiger charge is 2.28. The van der Waals surface area contributed by atoms with Gasteiger partial charge in [0, 0.05) is 23.9 Å². The van der Waals surface area contributed by atoms with Crippen LogP contribution < -0.4 is 5.32 Å². The lowest BCUT2D eigenvalue weighted by molar-refractivity contribution is -0.139. The zero-order chi connectivity index (χ0) is 22.8. The second-order valence-corrected chi connectivity index (χ2v) is 9.61. The van der Waals surface area contributed by atoms with Crippen molar-refractivity contribution in [1.82, 2.24) is 10.2 Å². The van der Waals surface area contributed by atoms with E-state index in [-0.39, 0.29) is 11.8 Å². The van der Waals surface area contributed by atoms with Gasteiger partial charge in [-0.1, -0.05) is 74.3 Å². The van der Waals surface area contributed by atoms with E-state index in [9.17, 15) is 9.59 Å². The molecular formula is C25H33ClN2O2S. The maximum Gasteiger partial charge on any atom is 0.242 e. The highest BCUT2D eigenvalue weighted by atomic mass is 35.5. The second kappa shape index (κ2) is 12.8. The van der Waals surface area contributed by atoms with Gasteiger partial charge in [-0.3, -0.25) is 9.59 Å². The lowest BCUT2D eigenvalue weighted by Crippen LogP contribution is -2.50. The zero-order valence-corrected chi connectivity index (χ0v) is 20.4. The van der Waals surface area contributed by atoms with E-state index >= 15 is 0 Å². The van der Waals surface area contributed by atoms with Gasteiger partial charge in [0.15, 0.2) is 0 Å². The van der Waals surface area contributed by atoms with Crippen molar-refractivity contribution < 1.29 is 9.59 Å². The van der Waals surface area contributed by atoms with Crippen LogP contribution in [-0.2, 0) is 21.9 Å². The van der Waals surface area contributed by atoms with Crippen LogP contribution in [-0.4, -0.2) is 35.1 Å². The number of nitrogens with zero attached hydrogens (tertiary/aromatic N) is 1. The molecule has 0 aliphatic carbocycles. The summed E-state index contributed by atoms with van der Waals surface area (Å²) in [6.07, 6.45) is 0.573. The number of carbonyl (C=O) groups is 2. The van der Waals surface area contributed by atoms with Crippen LogP contribution in [0.15, 0.2) is 48.5 Å². The molecule has 0 aliphatic rings. The molecule has 2 rings (SSSR count). The van der Waals surface area contributed by atoms with Gasteiger partial charge in [0.1, 0.15) is 6.04 Å². The van der Waals surface area contributed by atoms with Gasteiger partial charge in [-0.15, -0.1) is 11.8 Å². The molecule has 168 valence electrons. The molecule has 6 heteroatoms. The Balaban J connectivity index is 2.10. The second-order valence-electron chi connectivity index (χ2n) is 8.19. The number of thioether (sulfide) groups is 1. The summed E-state index contributed by atoms with van der Waals surface area (Å²) in [7, 11) is 0. The average molecular weight is 461 g/mol. The molecule has 1 N–H and O–H groups in total. The number of nitrogens with one attached hydrogen (secondary N) is 1. The van der Waals surface area contributed by atoms with Crippen molar-refractivity contribution in [3.8, 4) is 0 Å².